The van der Waals surface area contributed by atoms with Crippen LogP contribution < -0.4 is 43.8 Å². The molecule has 0 saturated heterocycles. The zero-order valence-corrected chi connectivity index (χ0v) is 30.0. The van der Waals surface area contributed by atoms with E-state index in [9.17, 15) is 43.5 Å². The van der Waals surface area contributed by atoms with E-state index in [-0.39, 0.29) is 30.6 Å². The topological polar surface area (TPSA) is 295 Å². The zero-order valence-electron chi connectivity index (χ0n) is 30.0. The summed E-state index contributed by atoms with van der Waals surface area (Å²) in [6, 6.07) is -7.79. The lowest BCUT2D eigenvalue weighted by Gasteiger charge is -2.28. The Balaban J connectivity index is 6.21. The Labute approximate surface area is 288 Å². The molecule has 7 amide bonds. The molecule has 49 heavy (non-hydrogen) atoms. The number of hydrogen-bond acceptors (Lipinski definition) is 9. The maximum Gasteiger partial charge on any atom is 0.326 e. The molecule has 0 unspecified atom stereocenters. The highest BCUT2D eigenvalue weighted by molar-refractivity contribution is 5.98. The van der Waals surface area contributed by atoms with Gasteiger partial charge in [0, 0.05) is 0 Å². The number of amides is 7. The number of carboxylic acid groups (broad SMARTS) is 1. The van der Waals surface area contributed by atoms with Crippen LogP contribution in [0.2, 0.25) is 0 Å². The molecule has 8 atom stereocenters. The first kappa shape index (κ1) is 44.7. The van der Waals surface area contributed by atoms with Gasteiger partial charge in [-0.25, -0.2) is 4.79 Å². The lowest BCUT2D eigenvalue weighted by molar-refractivity contribution is -0.144. The van der Waals surface area contributed by atoms with Crippen molar-refractivity contribution in [3.05, 3.63) is 0 Å². The molecule has 0 aromatic rings. The van der Waals surface area contributed by atoms with Crippen LogP contribution in [0.5, 0.6) is 0 Å². The molecule has 0 fully saturated rings. The standard InChI is InChI=1S/C32H58N8O9/c1-9-17(7)25(35)31(47)39-20(12-16(5)6)28(44)37-21(13-23(33)41)29(45)36-19(11-15(3)4)27(43)38-22(14-24(34)42)30(46)40-26(32(48)49)18(8)10-2/h15-22,25-26H,9-14,35H2,1-8H3,(H2,33,41)(H2,34,42)(H,36,45)(H,37,44)(H,38,43)(H,39,47)(H,40,46)(H,48,49)/t17-,18-,19-,20-,21-,22-,25-,26-/m0/s1. The van der Waals surface area contributed by atoms with Crippen molar-refractivity contribution in [2.45, 2.75) is 130 Å². The Bertz CT molecular complexity index is 1180. The Morgan fingerprint density at radius 1 is 0.531 bits per heavy atom. The molecule has 0 aliphatic carbocycles. The zero-order chi connectivity index (χ0) is 38.2. The summed E-state index contributed by atoms with van der Waals surface area (Å²) >= 11 is 0. The number of nitrogens with two attached hydrogens (primary N) is 3. The molecule has 17 heteroatoms. The molecular formula is C32H58N8O9. The van der Waals surface area contributed by atoms with Crippen LogP contribution in [0.4, 0.5) is 0 Å². The average molecular weight is 699 g/mol. The van der Waals surface area contributed by atoms with Gasteiger partial charge in [-0.05, 0) is 36.5 Å². The normalized spacial score (nSPS) is 16.1. The summed E-state index contributed by atoms with van der Waals surface area (Å²) in [5.74, 6) is -8.33. The van der Waals surface area contributed by atoms with E-state index in [1.165, 1.54) is 0 Å². The molecular weight excluding hydrogens is 640 g/mol. The quantitative estimate of drug-likeness (QED) is 0.0611. The number of nitrogens with one attached hydrogen (secondary N) is 5. The predicted octanol–water partition coefficient (Wildman–Crippen LogP) is -1.24. The summed E-state index contributed by atoms with van der Waals surface area (Å²) in [4.78, 5) is 102. The van der Waals surface area contributed by atoms with E-state index < -0.39 is 102 Å². The molecule has 280 valence electrons. The maximum absolute atomic E-state index is 13.5. The van der Waals surface area contributed by atoms with Crippen molar-refractivity contribution in [1.29, 1.82) is 0 Å². The number of rotatable bonds is 23. The summed E-state index contributed by atoms with van der Waals surface area (Å²) in [5.41, 5.74) is 16.7. The van der Waals surface area contributed by atoms with Crippen molar-refractivity contribution in [3.8, 4) is 0 Å². The summed E-state index contributed by atoms with van der Waals surface area (Å²) < 4.78 is 0. The molecule has 0 aliphatic rings. The van der Waals surface area contributed by atoms with Crippen LogP contribution in [0.25, 0.3) is 0 Å². The van der Waals surface area contributed by atoms with Crippen molar-refractivity contribution >= 4 is 47.3 Å². The van der Waals surface area contributed by atoms with Crippen molar-refractivity contribution in [3.63, 3.8) is 0 Å². The van der Waals surface area contributed by atoms with E-state index >= 15 is 0 Å². The minimum atomic E-state index is -1.58. The van der Waals surface area contributed by atoms with E-state index in [0.717, 1.165) is 0 Å². The second-order valence-electron chi connectivity index (χ2n) is 13.5. The van der Waals surface area contributed by atoms with Crippen molar-refractivity contribution in [1.82, 2.24) is 26.6 Å². The lowest BCUT2D eigenvalue weighted by Crippen LogP contribution is -2.60. The number of carboxylic acids is 1. The van der Waals surface area contributed by atoms with Gasteiger partial charge in [0.05, 0.1) is 18.9 Å². The fourth-order valence-electron chi connectivity index (χ4n) is 4.76. The van der Waals surface area contributed by atoms with Gasteiger partial charge in [0.2, 0.25) is 41.4 Å². The molecule has 17 nitrogen and oxygen atoms in total. The largest absolute Gasteiger partial charge is 0.480 e. The van der Waals surface area contributed by atoms with E-state index in [1.54, 1.807) is 34.6 Å². The van der Waals surface area contributed by atoms with E-state index in [1.807, 2.05) is 20.8 Å². The summed E-state index contributed by atoms with van der Waals surface area (Å²) in [6.45, 7) is 14.1. The van der Waals surface area contributed by atoms with Crippen LogP contribution >= 0.6 is 0 Å². The van der Waals surface area contributed by atoms with Crippen LogP contribution in [-0.4, -0.2) is 88.7 Å². The van der Waals surface area contributed by atoms with Crippen molar-refractivity contribution in [2.75, 3.05) is 0 Å². The van der Waals surface area contributed by atoms with Gasteiger partial charge in [-0.3, -0.25) is 33.6 Å². The molecule has 0 saturated carbocycles. The highest BCUT2D eigenvalue weighted by atomic mass is 16.4. The Hall–Kier alpha value is -4.28. The Kier molecular flexibility index (Phi) is 19.8. The fourth-order valence-corrected chi connectivity index (χ4v) is 4.76. The first-order valence-electron chi connectivity index (χ1n) is 16.7. The van der Waals surface area contributed by atoms with Crippen molar-refractivity contribution in [2.24, 2.45) is 40.9 Å². The minimum absolute atomic E-state index is 0.0177. The van der Waals surface area contributed by atoms with Gasteiger partial charge in [-0.15, -0.1) is 0 Å². The fraction of sp³-hybridized carbons (Fsp3) is 0.750. The number of carbonyl (C=O) groups excluding carboxylic acids is 7. The lowest BCUT2D eigenvalue weighted by atomic mass is 9.97. The van der Waals surface area contributed by atoms with Crippen LogP contribution in [0.3, 0.4) is 0 Å². The second kappa shape index (κ2) is 21.6. The molecule has 0 spiro atoms. The van der Waals surface area contributed by atoms with Crippen LogP contribution in [0.15, 0.2) is 0 Å². The average Bonchev–Trinajstić information content (AvgIpc) is 2.99. The van der Waals surface area contributed by atoms with Gasteiger partial charge in [-0.2, -0.15) is 0 Å². The molecule has 0 aliphatic heterocycles. The molecule has 0 rings (SSSR count). The molecule has 0 aromatic carbocycles. The monoisotopic (exact) mass is 698 g/mol. The van der Waals surface area contributed by atoms with Crippen LogP contribution in [0.1, 0.15) is 93.9 Å². The molecule has 0 radical (unpaired) electrons. The third kappa shape index (κ3) is 16.6. The van der Waals surface area contributed by atoms with Gasteiger partial charge in [0.1, 0.15) is 30.2 Å². The molecule has 0 heterocycles. The first-order chi connectivity index (χ1) is 22.6. The predicted molar refractivity (Wildman–Crippen MR) is 181 cm³/mol. The molecule has 12 N–H and O–H groups in total. The number of hydrogen-bond donors (Lipinski definition) is 9. The van der Waals surface area contributed by atoms with Crippen LogP contribution in [0, 0.1) is 23.7 Å². The second-order valence-corrected chi connectivity index (χ2v) is 13.5. The molecule has 0 aromatic heterocycles. The summed E-state index contributed by atoms with van der Waals surface area (Å²) in [6.07, 6.45) is -0.0959. The highest BCUT2D eigenvalue weighted by Crippen LogP contribution is 2.12. The third-order valence-electron chi connectivity index (χ3n) is 8.09. The van der Waals surface area contributed by atoms with Gasteiger partial charge in [-0.1, -0.05) is 68.2 Å². The first-order valence-corrected chi connectivity index (χ1v) is 16.7. The number of aliphatic carboxylic acids is 1. The molecule has 0 bridgehead atoms. The third-order valence-corrected chi connectivity index (χ3v) is 8.09. The van der Waals surface area contributed by atoms with Gasteiger partial charge in [0.25, 0.3) is 0 Å². The Morgan fingerprint density at radius 2 is 0.857 bits per heavy atom. The number of carbonyl (C=O) groups is 8. The van der Waals surface area contributed by atoms with Crippen molar-refractivity contribution < 1.29 is 43.5 Å². The van der Waals surface area contributed by atoms with Gasteiger partial charge >= 0.3 is 5.97 Å². The highest BCUT2D eigenvalue weighted by Gasteiger charge is 2.35. The maximum atomic E-state index is 13.5. The van der Waals surface area contributed by atoms with Gasteiger partial charge < -0.3 is 48.9 Å². The summed E-state index contributed by atoms with van der Waals surface area (Å²) in [5, 5.41) is 21.8. The Morgan fingerprint density at radius 3 is 1.18 bits per heavy atom. The van der Waals surface area contributed by atoms with E-state index in [0.29, 0.717) is 12.8 Å². The van der Waals surface area contributed by atoms with E-state index in [4.69, 9.17) is 17.2 Å². The number of primary amides is 2. The minimum Gasteiger partial charge on any atom is -0.480 e. The van der Waals surface area contributed by atoms with E-state index in [2.05, 4.69) is 26.6 Å². The smallest absolute Gasteiger partial charge is 0.326 e. The van der Waals surface area contributed by atoms with Gasteiger partial charge in [0.15, 0.2) is 0 Å². The van der Waals surface area contributed by atoms with Crippen LogP contribution in [-0.2, 0) is 38.4 Å². The SMILES string of the molecule is CC[C@H](C)[C@H](N)C(=O)N[C@@H](CC(C)C)C(=O)N[C@@H](CC(N)=O)C(=O)N[C@@H](CC(C)C)C(=O)N[C@@H](CC(N)=O)C(=O)N[C@H](C(=O)O)[C@@H](C)CC. The summed E-state index contributed by atoms with van der Waals surface area (Å²) in [7, 11) is 0.